The summed E-state index contributed by atoms with van der Waals surface area (Å²) < 4.78 is 1.98. The first-order valence-electron chi connectivity index (χ1n) is 7.14. The normalized spacial score (nSPS) is 15.7. The molecule has 1 aliphatic carbocycles. The van der Waals surface area contributed by atoms with Crippen LogP contribution in [0.15, 0.2) is 6.20 Å². The molecule has 0 atom stereocenters. The molecule has 0 bridgehead atoms. The van der Waals surface area contributed by atoms with Crippen LogP contribution in [0.3, 0.4) is 0 Å². The van der Waals surface area contributed by atoms with Crippen molar-refractivity contribution in [3.8, 4) is 0 Å². The lowest BCUT2D eigenvalue weighted by molar-refractivity contribution is 0.470. The monoisotopic (exact) mass is 280 g/mol. The first kappa shape index (κ1) is 14.3. The van der Waals surface area contributed by atoms with E-state index in [9.17, 15) is 0 Å². The van der Waals surface area contributed by atoms with Crippen molar-refractivity contribution >= 4 is 17.3 Å². The Balaban J connectivity index is 1.89. The van der Waals surface area contributed by atoms with Crippen molar-refractivity contribution in [2.75, 3.05) is 7.05 Å². The lowest BCUT2D eigenvalue weighted by Gasteiger charge is -2.23. The second kappa shape index (κ2) is 6.37. The Bertz CT molecular complexity index is 435. The van der Waals surface area contributed by atoms with Gasteiger partial charge in [-0.2, -0.15) is 5.10 Å². The topological polar surface area (TPSA) is 33.1 Å². The number of rotatable bonds is 4. The highest BCUT2D eigenvalue weighted by Gasteiger charge is 2.17. The van der Waals surface area contributed by atoms with E-state index in [1.54, 1.807) is 0 Å². The summed E-state index contributed by atoms with van der Waals surface area (Å²) in [4.78, 5) is 2.11. The number of hydrogen-bond donors (Lipinski definition) is 1. The van der Waals surface area contributed by atoms with E-state index in [0.29, 0.717) is 6.04 Å². The van der Waals surface area contributed by atoms with Crippen LogP contribution in [-0.2, 0) is 13.1 Å². The number of nitrogens with zero attached hydrogens (tertiary/aromatic N) is 3. The average Bonchev–Trinajstić information content (AvgIpc) is 3.00. The molecular weight excluding hydrogens is 256 g/mol. The molecule has 1 aromatic heterocycles. The van der Waals surface area contributed by atoms with Crippen LogP contribution < -0.4 is 5.32 Å². The van der Waals surface area contributed by atoms with Crippen molar-refractivity contribution in [2.24, 2.45) is 0 Å². The van der Waals surface area contributed by atoms with Gasteiger partial charge < -0.3 is 10.2 Å². The molecular formula is C14H24N4S. The molecule has 4 nitrogen and oxygen atoms in total. The van der Waals surface area contributed by atoms with Crippen molar-refractivity contribution in [1.82, 2.24) is 20.0 Å². The van der Waals surface area contributed by atoms with Crippen LogP contribution in [0.1, 0.15) is 43.9 Å². The average molecular weight is 280 g/mol. The number of nitrogens with one attached hydrogen (secondary N) is 1. The first-order chi connectivity index (χ1) is 9.10. The van der Waals surface area contributed by atoms with Gasteiger partial charge in [-0.3, -0.25) is 4.68 Å². The quantitative estimate of drug-likeness (QED) is 0.859. The van der Waals surface area contributed by atoms with Gasteiger partial charge in [-0.25, -0.2) is 0 Å². The van der Waals surface area contributed by atoms with Crippen LogP contribution in [-0.4, -0.2) is 32.9 Å². The second-order valence-electron chi connectivity index (χ2n) is 5.38. The Kier molecular flexibility index (Phi) is 4.80. The van der Waals surface area contributed by atoms with Crippen LogP contribution in [0.4, 0.5) is 0 Å². The molecule has 0 amide bonds. The van der Waals surface area contributed by atoms with E-state index in [1.165, 1.54) is 31.2 Å². The van der Waals surface area contributed by atoms with E-state index in [2.05, 4.69) is 35.4 Å². The molecule has 0 spiro atoms. The van der Waals surface area contributed by atoms with E-state index >= 15 is 0 Å². The summed E-state index contributed by atoms with van der Waals surface area (Å²) in [5.41, 5.74) is 2.34. The third-order valence-electron chi connectivity index (χ3n) is 3.81. The van der Waals surface area contributed by atoms with E-state index < -0.39 is 0 Å². The summed E-state index contributed by atoms with van der Waals surface area (Å²) in [7, 11) is 2.05. The summed E-state index contributed by atoms with van der Waals surface area (Å²) in [6.45, 7) is 5.90. The fourth-order valence-electron chi connectivity index (χ4n) is 2.56. The van der Waals surface area contributed by atoms with Crippen LogP contribution in [0.2, 0.25) is 0 Å². The minimum absolute atomic E-state index is 0.578. The first-order valence-corrected chi connectivity index (χ1v) is 7.55. The third-order valence-corrected chi connectivity index (χ3v) is 4.24. The van der Waals surface area contributed by atoms with Gasteiger partial charge in [0.05, 0.1) is 5.69 Å². The highest BCUT2D eigenvalue weighted by atomic mass is 32.1. The molecule has 2 rings (SSSR count). The largest absolute Gasteiger partial charge is 0.360 e. The Morgan fingerprint density at radius 3 is 2.79 bits per heavy atom. The minimum Gasteiger partial charge on any atom is -0.360 e. The van der Waals surface area contributed by atoms with Gasteiger partial charge in [0.2, 0.25) is 0 Å². The molecule has 1 fully saturated rings. The molecule has 0 saturated heterocycles. The van der Waals surface area contributed by atoms with Crippen LogP contribution in [0.25, 0.3) is 0 Å². The Morgan fingerprint density at radius 1 is 1.53 bits per heavy atom. The number of aromatic nitrogens is 2. The Labute approximate surface area is 121 Å². The molecule has 19 heavy (non-hydrogen) atoms. The molecule has 1 aromatic rings. The van der Waals surface area contributed by atoms with E-state index in [1.807, 2.05) is 11.7 Å². The standard InChI is InChI=1S/C14H24N4S/c1-4-18-10-12(11(2)16-18)9-17(3)14(19)15-13-7-5-6-8-13/h10,13H,4-9H2,1-3H3,(H,15,19). The highest BCUT2D eigenvalue weighted by molar-refractivity contribution is 7.80. The van der Waals surface area contributed by atoms with Gasteiger partial charge >= 0.3 is 0 Å². The molecule has 106 valence electrons. The summed E-state index contributed by atoms with van der Waals surface area (Å²) in [6, 6.07) is 0.578. The Hall–Kier alpha value is -1.10. The summed E-state index contributed by atoms with van der Waals surface area (Å²) >= 11 is 5.48. The minimum atomic E-state index is 0.578. The van der Waals surface area contributed by atoms with Crippen LogP contribution in [0, 0.1) is 6.92 Å². The van der Waals surface area contributed by atoms with E-state index in [0.717, 1.165) is 23.9 Å². The lowest BCUT2D eigenvalue weighted by atomic mass is 10.2. The van der Waals surface area contributed by atoms with Crippen LogP contribution in [0.5, 0.6) is 0 Å². The highest BCUT2D eigenvalue weighted by Crippen LogP contribution is 2.18. The van der Waals surface area contributed by atoms with Gasteiger partial charge in [0.15, 0.2) is 5.11 Å². The van der Waals surface area contributed by atoms with Crippen molar-refractivity contribution in [2.45, 2.75) is 58.7 Å². The maximum Gasteiger partial charge on any atom is 0.169 e. The molecule has 0 aliphatic heterocycles. The molecule has 0 aromatic carbocycles. The van der Waals surface area contributed by atoms with Gasteiger partial charge in [0.1, 0.15) is 0 Å². The maximum atomic E-state index is 5.48. The third kappa shape index (κ3) is 3.69. The molecule has 1 aliphatic rings. The fraction of sp³-hybridized carbons (Fsp3) is 0.714. The van der Waals surface area contributed by atoms with Gasteiger partial charge in [-0.15, -0.1) is 0 Å². The van der Waals surface area contributed by atoms with Crippen molar-refractivity contribution < 1.29 is 0 Å². The second-order valence-corrected chi connectivity index (χ2v) is 5.77. The maximum absolute atomic E-state index is 5.48. The zero-order chi connectivity index (χ0) is 13.8. The zero-order valence-electron chi connectivity index (χ0n) is 12.1. The number of aryl methyl sites for hydroxylation is 2. The lowest BCUT2D eigenvalue weighted by Crippen LogP contribution is -2.41. The van der Waals surface area contributed by atoms with Gasteiger partial charge in [0.25, 0.3) is 0 Å². The number of thiocarbonyl (C=S) groups is 1. The summed E-state index contributed by atoms with van der Waals surface area (Å²) in [5, 5.41) is 8.80. The number of hydrogen-bond acceptors (Lipinski definition) is 2. The zero-order valence-corrected chi connectivity index (χ0v) is 13.0. The van der Waals surface area contributed by atoms with Crippen LogP contribution >= 0.6 is 12.2 Å². The SMILES string of the molecule is CCn1cc(CN(C)C(=S)NC2CCCC2)c(C)n1. The molecule has 1 N–H and O–H groups in total. The molecule has 0 unspecified atom stereocenters. The fourth-order valence-corrected chi connectivity index (χ4v) is 2.79. The van der Waals surface area contributed by atoms with Crippen molar-refractivity contribution in [3.63, 3.8) is 0 Å². The van der Waals surface area contributed by atoms with Gasteiger partial charge in [-0.05, 0) is 38.9 Å². The smallest absolute Gasteiger partial charge is 0.169 e. The van der Waals surface area contributed by atoms with Gasteiger partial charge in [0, 0.05) is 37.9 Å². The van der Waals surface area contributed by atoms with Crippen molar-refractivity contribution in [3.05, 3.63) is 17.5 Å². The molecule has 5 heteroatoms. The van der Waals surface area contributed by atoms with E-state index in [-0.39, 0.29) is 0 Å². The summed E-state index contributed by atoms with van der Waals surface area (Å²) in [5.74, 6) is 0. The molecule has 1 saturated carbocycles. The van der Waals surface area contributed by atoms with Gasteiger partial charge in [-0.1, -0.05) is 12.8 Å². The Morgan fingerprint density at radius 2 is 2.21 bits per heavy atom. The summed E-state index contributed by atoms with van der Waals surface area (Å²) in [6.07, 6.45) is 7.27. The molecule has 1 heterocycles. The predicted octanol–water partition coefficient (Wildman–Crippen LogP) is 2.46. The molecule has 0 radical (unpaired) electrons. The van der Waals surface area contributed by atoms with Crippen molar-refractivity contribution in [1.29, 1.82) is 0 Å². The predicted molar refractivity (Wildman–Crippen MR) is 82.1 cm³/mol. The van der Waals surface area contributed by atoms with E-state index in [4.69, 9.17) is 12.2 Å².